The van der Waals surface area contributed by atoms with Crippen molar-refractivity contribution in [2.45, 2.75) is 12.8 Å². The fourth-order valence-corrected chi connectivity index (χ4v) is 3.57. The molecule has 2 aromatic rings. The second kappa shape index (κ2) is 5.96. The molecule has 23 heavy (non-hydrogen) atoms. The molecule has 0 radical (unpaired) electrons. The van der Waals surface area contributed by atoms with Crippen LogP contribution in [0.15, 0.2) is 23.2 Å². The van der Waals surface area contributed by atoms with E-state index in [2.05, 4.69) is 4.99 Å². The van der Waals surface area contributed by atoms with Crippen molar-refractivity contribution in [2.24, 2.45) is 12.0 Å². The number of para-hydroxylation sites is 1. The molecule has 0 saturated carbocycles. The number of amides is 3. The molecule has 1 saturated heterocycles. The number of nitrogens with zero attached hydrogens (tertiary/aromatic N) is 3. The molecule has 1 aromatic heterocycles. The number of benzene rings is 1. The van der Waals surface area contributed by atoms with Crippen LogP contribution in [0.3, 0.4) is 0 Å². The number of hydrogen-bond donors (Lipinski definition) is 0. The number of likely N-dealkylation sites (tertiary alicyclic amines) is 1. The van der Waals surface area contributed by atoms with E-state index >= 15 is 0 Å². The quantitative estimate of drug-likeness (QED) is 0.779. The van der Waals surface area contributed by atoms with Crippen LogP contribution >= 0.6 is 11.3 Å². The highest BCUT2D eigenvalue weighted by Crippen LogP contribution is 2.26. The van der Waals surface area contributed by atoms with Crippen LogP contribution in [-0.2, 0) is 21.4 Å². The standard InChI is InChI=1S/C15H15N3O4S/c1-17-14-9(22-2)4-3-5-10(14)23-15(17)16-11(19)8-18-12(20)6-7-13(18)21/h3-5H,6-8H2,1-2H3. The van der Waals surface area contributed by atoms with Gasteiger partial charge in [-0.1, -0.05) is 17.4 Å². The van der Waals surface area contributed by atoms with Crippen molar-refractivity contribution in [3.05, 3.63) is 23.0 Å². The van der Waals surface area contributed by atoms with Gasteiger partial charge in [-0.25, -0.2) is 0 Å². The maximum atomic E-state index is 12.1. The molecule has 1 aliphatic heterocycles. The highest BCUT2D eigenvalue weighted by Gasteiger charge is 2.30. The lowest BCUT2D eigenvalue weighted by Crippen LogP contribution is -2.34. The van der Waals surface area contributed by atoms with E-state index < -0.39 is 5.91 Å². The fraction of sp³-hybridized carbons (Fsp3) is 0.333. The number of ether oxygens (including phenoxy) is 1. The number of aryl methyl sites for hydroxylation is 1. The van der Waals surface area contributed by atoms with Crippen LogP contribution in [0.5, 0.6) is 5.75 Å². The molecular formula is C15H15N3O4S. The summed E-state index contributed by atoms with van der Waals surface area (Å²) in [6.45, 7) is -0.303. The zero-order valence-electron chi connectivity index (χ0n) is 12.7. The van der Waals surface area contributed by atoms with E-state index in [9.17, 15) is 14.4 Å². The predicted molar refractivity (Wildman–Crippen MR) is 83.9 cm³/mol. The SMILES string of the molecule is COc1cccc2sc(=NC(=O)CN3C(=O)CCC3=O)n(C)c12. The van der Waals surface area contributed by atoms with Gasteiger partial charge in [-0.2, -0.15) is 4.99 Å². The molecule has 1 aliphatic rings. The minimum Gasteiger partial charge on any atom is -0.495 e. The molecule has 1 fully saturated rings. The predicted octanol–water partition coefficient (Wildman–Crippen LogP) is 0.825. The van der Waals surface area contributed by atoms with Crippen LogP contribution in [0.2, 0.25) is 0 Å². The third-order valence-electron chi connectivity index (χ3n) is 3.67. The van der Waals surface area contributed by atoms with Gasteiger partial charge in [0.15, 0.2) is 4.80 Å². The van der Waals surface area contributed by atoms with Crippen molar-refractivity contribution >= 4 is 39.3 Å². The average molecular weight is 333 g/mol. The molecule has 120 valence electrons. The van der Waals surface area contributed by atoms with Gasteiger partial charge in [0.1, 0.15) is 17.8 Å². The third-order valence-corrected chi connectivity index (χ3v) is 4.77. The maximum absolute atomic E-state index is 12.1. The second-order valence-corrected chi connectivity index (χ2v) is 6.14. The van der Waals surface area contributed by atoms with Crippen LogP contribution in [0.25, 0.3) is 10.2 Å². The van der Waals surface area contributed by atoms with Gasteiger partial charge in [0.2, 0.25) is 11.8 Å². The molecule has 8 heteroatoms. The summed E-state index contributed by atoms with van der Waals surface area (Å²) in [5.74, 6) is -0.461. The molecule has 0 atom stereocenters. The lowest BCUT2D eigenvalue weighted by Gasteiger charge is -2.09. The summed E-state index contributed by atoms with van der Waals surface area (Å²) in [7, 11) is 3.37. The Morgan fingerprint density at radius 3 is 2.65 bits per heavy atom. The first-order valence-corrected chi connectivity index (χ1v) is 7.86. The number of methoxy groups -OCH3 is 1. The summed E-state index contributed by atoms with van der Waals surface area (Å²) in [4.78, 5) is 40.7. The van der Waals surface area contributed by atoms with Gasteiger partial charge in [0.05, 0.1) is 11.8 Å². The normalized spacial score (nSPS) is 15.7. The van der Waals surface area contributed by atoms with Gasteiger partial charge < -0.3 is 9.30 Å². The maximum Gasteiger partial charge on any atom is 0.268 e. The van der Waals surface area contributed by atoms with Crippen molar-refractivity contribution in [1.82, 2.24) is 9.47 Å². The zero-order valence-corrected chi connectivity index (χ0v) is 13.6. The molecule has 2 heterocycles. The second-order valence-electron chi connectivity index (χ2n) is 5.13. The Labute approximate surface area is 135 Å². The van der Waals surface area contributed by atoms with E-state index in [0.29, 0.717) is 10.6 Å². The van der Waals surface area contributed by atoms with E-state index in [-0.39, 0.29) is 31.2 Å². The fourth-order valence-electron chi connectivity index (χ4n) is 2.52. The molecule has 7 nitrogen and oxygen atoms in total. The van der Waals surface area contributed by atoms with Gasteiger partial charge in [-0.05, 0) is 12.1 Å². The summed E-state index contributed by atoms with van der Waals surface area (Å²) in [6.07, 6.45) is 0.333. The molecule has 0 N–H and O–H groups in total. The molecule has 3 amide bonds. The monoisotopic (exact) mass is 333 g/mol. The molecule has 0 bridgehead atoms. The number of hydrogen-bond acceptors (Lipinski definition) is 5. The first kappa shape index (κ1) is 15.4. The van der Waals surface area contributed by atoms with Crippen LogP contribution in [0.1, 0.15) is 12.8 Å². The van der Waals surface area contributed by atoms with Crippen molar-refractivity contribution in [3.63, 3.8) is 0 Å². The van der Waals surface area contributed by atoms with Crippen LogP contribution in [-0.4, -0.2) is 40.8 Å². The largest absolute Gasteiger partial charge is 0.495 e. The third kappa shape index (κ3) is 2.77. The Morgan fingerprint density at radius 2 is 2.00 bits per heavy atom. The molecule has 0 spiro atoms. The van der Waals surface area contributed by atoms with Gasteiger partial charge >= 0.3 is 0 Å². The number of fused-ring (bicyclic) bond motifs is 1. The number of carbonyl (C=O) groups excluding carboxylic acids is 3. The van der Waals surface area contributed by atoms with Gasteiger partial charge in [0, 0.05) is 19.9 Å². The Hall–Kier alpha value is -2.48. The van der Waals surface area contributed by atoms with Crippen LogP contribution < -0.4 is 9.54 Å². The lowest BCUT2D eigenvalue weighted by molar-refractivity contribution is -0.141. The number of imide groups is 1. The van der Waals surface area contributed by atoms with Crippen LogP contribution in [0, 0.1) is 0 Å². The summed E-state index contributed by atoms with van der Waals surface area (Å²) in [5, 5.41) is 0. The first-order chi connectivity index (χ1) is 11.0. The summed E-state index contributed by atoms with van der Waals surface area (Å²) >= 11 is 1.35. The smallest absolute Gasteiger partial charge is 0.268 e. The molecule has 1 aromatic carbocycles. The molecule has 0 aliphatic carbocycles. The molecule has 3 rings (SSSR count). The molecular weight excluding hydrogens is 318 g/mol. The summed E-state index contributed by atoms with van der Waals surface area (Å²) in [6, 6.07) is 5.62. The van der Waals surface area contributed by atoms with E-state index in [1.807, 2.05) is 18.2 Å². The van der Waals surface area contributed by atoms with Crippen molar-refractivity contribution in [1.29, 1.82) is 0 Å². The minimum absolute atomic E-state index is 0.167. The number of aromatic nitrogens is 1. The lowest BCUT2D eigenvalue weighted by atomic mass is 10.3. The minimum atomic E-state index is -0.519. The van der Waals surface area contributed by atoms with E-state index in [1.165, 1.54) is 11.3 Å². The summed E-state index contributed by atoms with van der Waals surface area (Å²) < 4.78 is 8.03. The van der Waals surface area contributed by atoms with Gasteiger partial charge in [0.25, 0.3) is 5.91 Å². The first-order valence-electron chi connectivity index (χ1n) is 7.04. The zero-order chi connectivity index (χ0) is 16.6. The Morgan fingerprint density at radius 1 is 1.30 bits per heavy atom. The number of thiazole rings is 1. The number of rotatable bonds is 3. The van der Waals surface area contributed by atoms with E-state index in [0.717, 1.165) is 15.1 Å². The van der Waals surface area contributed by atoms with Crippen LogP contribution in [0.4, 0.5) is 0 Å². The van der Waals surface area contributed by atoms with Crippen molar-refractivity contribution in [3.8, 4) is 5.75 Å². The number of carbonyl (C=O) groups is 3. The van der Waals surface area contributed by atoms with Crippen molar-refractivity contribution < 1.29 is 19.1 Å². The van der Waals surface area contributed by atoms with Gasteiger partial charge in [-0.3, -0.25) is 19.3 Å². The van der Waals surface area contributed by atoms with E-state index in [1.54, 1.807) is 18.7 Å². The topological polar surface area (TPSA) is 81.0 Å². The highest BCUT2D eigenvalue weighted by atomic mass is 32.1. The average Bonchev–Trinajstić information content (AvgIpc) is 3.01. The highest BCUT2D eigenvalue weighted by molar-refractivity contribution is 7.16. The van der Waals surface area contributed by atoms with Crippen molar-refractivity contribution in [2.75, 3.05) is 13.7 Å². The molecule has 0 unspecified atom stereocenters. The Balaban J connectivity index is 1.95. The Bertz CT molecular complexity index is 864. The van der Waals surface area contributed by atoms with E-state index in [4.69, 9.17) is 4.74 Å². The Kier molecular flexibility index (Phi) is 3.99. The van der Waals surface area contributed by atoms with Gasteiger partial charge in [-0.15, -0.1) is 0 Å². The summed E-state index contributed by atoms with van der Waals surface area (Å²) in [5.41, 5.74) is 0.847.